The van der Waals surface area contributed by atoms with Gasteiger partial charge < -0.3 is 30.5 Å². The zero-order chi connectivity index (χ0) is 27.3. The second-order valence-electron chi connectivity index (χ2n) is 10.0. The molecule has 0 aliphatic carbocycles. The summed E-state index contributed by atoms with van der Waals surface area (Å²) in [6.45, 7) is 14.4. The van der Waals surface area contributed by atoms with Crippen LogP contribution in [-0.4, -0.2) is 60.2 Å². The number of benzene rings is 1. The number of hydrogen-bond acceptors (Lipinski definition) is 10. The van der Waals surface area contributed by atoms with Crippen LogP contribution >= 0.6 is 0 Å². The highest BCUT2D eigenvalue weighted by molar-refractivity contribution is 6.41. The first-order valence-electron chi connectivity index (χ1n) is 12.5. The molecule has 1 aromatic heterocycles. The van der Waals surface area contributed by atoms with Gasteiger partial charge in [-0.1, -0.05) is 38.6 Å². The molecule has 4 rings (SSSR count). The van der Waals surface area contributed by atoms with Crippen molar-refractivity contribution in [3.63, 3.8) is 0 Å². The van der Waals surface area contributed by atoms with E-state index in [9.17, 15) is 4.79 Å². The van der Waals surface area contributed by atoms with Crippen molar-refractivity contribution in [1.29, 1.82) is 0 Å². The van der Waals surface area contributed by atoms with E-state index >= 15 is 0 Å². The van der Waals surface area contributed by atoms with E-state index < -0.39 is 0 Å². The van der Waals surface area contributed by atoms with Crippen LogP contribution in [0.2, 0.25) is 0 Å². The van der Waals surface area contributed by atoms with Gasteiger partial charge in [-0.2, -0.15) is 0 Å². The highest BCUT2D eigenvalue weighted by Gasteiger charge is 2.22. The number of allylic oxidation sites excluding steroid dienone is 1. The normalized spacial score (nSPS) is 18.6. The summed E-state index contributed by atoms with van der Waals surface area (Å²) in [5, 5.41) is 9.95. The molecular formula is C27H34N8O3. The van der Waals surface area contributed by atoms with Crippen molar-refractivity contribution in [1.82, 2.24) is 10.1 Å². The fourth-order valence-corrected chi connectivity index (χ4v) is 3.83. The zero-order valence-corrected chi connectivity index (χ0v) is 22.2. The number of nitrogens with two attached hydrogens (primary N) is 1. The summed E-state index contributed by atoms with van der Waals surface area (Å²) in [6, 6.07) is 7.02. The highest BCUT2D eigenvalue weighted by Crippen LogP contribution is 2.25. The van der Waals surface area contributed by atoms with Crippen molar-refractivity contribution in [3.05, 3.63) is 65.4 Å². The molecular weight excluding hydrogens is 484 g/mol. The lowest BCUT2D eigenvalue weighted by Crippen LogP contribution is -2.35. The lowest BCUT2D eigenvalue weighted by molar-refractivity contribution is 0.102. The molecule has 0 unspecified atom stereocenters. The Kier molecular flexibility index (Phi) is 8.06. The van der Waals surface area contributed by atoms with E-state index in [0.29, 0.717) is 60.0 Å². The molecule has 0 saturated carbocycles. The SMILES string of the molecule is C=C/N=C1/C=NC(N2CCCOCC2)=N/C1=C(/N)Nc1cc(C(=O)Nc2cc(C(C)(C)C)on2)ccc1C. The first kappa shape index (κ1) is 26.8. The number of carbonyl (C=O) groups excluding carboxylic acids is 1. The average molecular weight is 519 g/mol. The van der Waals surface area contributed by atoms with Crippen molar-refractivity contribution in [2.24, 2.45) is 20.7 Å². The molecule has 11 nitrogen and oxygen atoms in total. The van der Waals surface area contributed by atoms with Gasteiger partial charge in [-0.3, -0.25) is 9.79 Å². The fraction of sp³-hybridized carbons (Fsp3) is 0.370. The van der Waals surface area contributed by atoms with Crippen LogP contribution in [-0.2, 0) is 10.2 Å². The van der Waals surface area contributed by atoms with E-state index in [0.717, 1.165) is 18.5 Å². The summed E-state index contributed by atoms with van der Waals surface area (Å²) in [5.41, 5.74) is 9.17. The fourth-order valence-electron chi connectivity index (χ4n) is 3.83. The summed E-state index contributed by atoms with van der Waals surface area (Å²) in [7, 11) is 0. The van der Waals surface area contributed by atoms with Crippen LogP contribution in [0.1, 0.15) is 48.9 Å². The second-order valence-corrected chi connectivity index (χ2v) is 10.0. The first-order chi connectivity index (χ1) is 18.2. The number of aryl methyl sites for hydroxylation is 1. The predicted octanol–water partition coefficient (Wildman–Crippen LogP) is 3.82. The van der Waals surface area contributed by atoms with Gasteiger partial charge in [0.05, 0.1) is 12.8 Å². The number of ether oxygens (including phenoxy) is 1. The Morgan fingerprint density at radius 1 is 1.21 bits per heavy atom. The third-order valence-corrected chi connectivity index (χ3v) is 6.01. The molecule has 0 bridgehead atoms. The van der Waals surface area contributed by atoms with E-state index in [1.54, 1.807) is 24.4 Å². The maximum atomic E-state index is 13.0. The standard InChI is InChI=1S/C27H34N8O3/c1-6-29-20-16-30-26(35-10-7-12-37-13-11-35)33-23(20)24(28)31-19-14-18(9-8-17(19)2)25(36)32-22-15-21(38-34-22)27(3,4)5/h6,8-9,14-16,31H,1,7,10-13,28H2,2-5H3,(H,32,34,36)/b24-23-,29-20-. The van der Waals surface area contributed by atoms with Crippen molar-refractivity contribution in [2.75, 3.05) is 36.9 Å². The van der Waals surface area contributed by atoms with Gasteiger partial charge in [0.25, 0.3) is 5.91 Å². The number of anilines is 2. The van der Waals surface area contributed by atoms with Crippen LogP contribution in [0.3, 0.4) is 0 Å². The molecule has 4 N–H and O–H groups in total. The maximum Gasteiger partial charge on any atom is 0.256 e. The van der Waals surface area contributed by atoms with Gasteiger partial charge in [-0.15, -0.1) is 0 Å². The molecule has 38 heavy (non-hydrogen) atoms. The Hall–Kier alpha value is -4.25. The Balaban J connectivity index is 1.58. The number of nitrogens with zero attached hydrogens (tertiary/aromatic N) is 5. The number of hydrogen-bond donors (Lipinski definition) is 3. The zero-order valence-electron chi connectivity index (χ0n) is 22.2. The van der Waals surface area contributed by atoms with Crippen LogP contribution in [0.15, 0.2) is 68.1 Å². The molecule has 1 amide bonds. The van der Waals surface area contributed by atoms with Gasteiger partial charge >= 0.3 is 0 Å². The smallest absolute Gasteiger partial charge is 0.256 e. The molecule has 2 aromatic rings. The van der Waals surface area contributed by atoms with Gasteiger partial charge in [-0.25, -0.2) is 9.98 Å². The number of aliphatic imine (C=N–C) groups is 3. The van der Waals surface area contributed by atoms with Crippen LogP contribution in [0.5, 0.6) is 0 Å². The lowest BCUT2D eigenvalue weighted by atomic mass is 9.93. The Morgan fingerprint density at radius 2 is 2.03 bits per heavy atom. The Bertz CT molecular complexity index is 1320. The van der Waals surface area contributed by atoms with E-state index in [1.807, 2.05) is 33.8 Å². The van der Waals surface area contributed by atoms with Crippen molar-refractivity contribution < 1.29 is 14.1 Å². The van der Waals surface area contributed by atoms with E-state index in [-0.39, 0.29) is 17.1 Å². The lowest BCUT2D eigenvalue weighted by Gasteiger charge is -2.23. The minimum absolute atomic E-state index is 0.219. The highest BCUT2D eigenvalue weighted by atomic mass is 16.5. The number of nitrogens with one attached hydrogen (secondary N) is 2. The van der Waals surface area contributed by atoms with Crippen molar-refractivity contribution in [2.45, 2.75) is 39.5 Å². The third-order valence-electron chi connectivity index (χ3n) is 6.01. The maximum absolute atomic E-state index is 13.0. The van der Waals surface area contributed by atoms with Crippen LogP contribution < -0.4 is 16.4 Å². The van der Waals surface area contributed by atoms with Gasteiger partial charge in [0.1, 0.15) is 23.0 Å². The van der Waals surface area contributed by atoms with Gasteiger partial charge in [-0.05, 0) is 31.0 Å². The van der Waals surface area contributed by atoms with Crippen molar-refractivity contribution >= 4 is 35.3 Å². The predicted molar refractivity (Wildman–Crippen MR) is 150 cm³/mol. The number of rotatable bonds is 5. The molecule has 1 saturated heterocycles. The Labute approximate surface area is 222 Å². The largest absolute Gasteiger partial charge is 0.383 e. The second kappa shape index (κ2) is 11.4. The summed E-state index contributed by atoms with van der Waals surface area (Å²) in [5.74, 6) is 1.52. The summed E-state index contributed by atoms with van der Waals surface area (Å²) < 4.78 is 10.9. The minimum Gasteiger partial charge on any atom is -0.383 e. The molecule has 11 heteroatoms. The average Bonchev–Trinajstić information content (AvgIpc) is 3.19. The van der Waals surface area contributed by atoms with Gasteiger partial charge in [0.2, 0.25) is 5.96 Å². The van der Waals surface area contributed by atoms with Crippen molar-refractivity contribution in [3.8, 4) is 0 Å². The quantitative estimate of drug-likeness (QED) is 0.546. The molecule has 2 aliphatic rings. The summed E-state index contributed by atoms with van der Waals surface area (Å²) >= 11 is 0. The number of carbonyl (C=O) groups is 1. The van der Waals surface area contributed by atoms with Gasteiger partial charge in [0.15, 0.2) is 5.82 Å². The van der Waals surface area contributed by atoms with E-state index in [4.69, 9.17) is 20.0 Å². The molecule has 2 aliphatic heterocycles. The molecule has 3 heterocycles. The molecule has 1 fully saturated rings. The molecule has 0 radical (unpaired) electrons. The summed E-state index contributed by atoms with van der Waals surface area (Å²) in [4.78, 5) is 28.5. The number of guanidine groups is 1. The van der Waals surface area contributed by atoms with Crippen LogP contribution in [0.25, 0.3) is 0 Å². The van der Waals surface area contributed by atoms with E-state index in [2.05, 4.69) is 37.3 Å². The topological polar surface area (TPSA) is 143 Å². The third kappa shape index (κ3) is 6.35. The van der Waals surface area contributed by atoms with Crippen LogP contribution in [0, 0.1) is 6.92 Å². The minimum atomic E-state index is -0.324. The molecule has 0 spiro atoms. The first-order valence-corrected chi connectivity index (χ1v) is 12.5. The molecule has 200 valence electrons. The number of aromatic nitrogens is 1. The summed E-state index contributed by atoms with van der Waals surface area (Å²) in [6.07, 6.45) is 3.93. The Morgan fingerprint density at radius 3 is 2.76 bits per heavy atom. The number of amides is 1. The van der Waals surface area contributed by atoms with E-state index in [1.165, 1.54) is 6.20 Å². The molecule has 1 aromatic carbocycles. The molecule has 0 atom stereocenters. The monoisotopic (exact) mass is 518 g/mol. The van der Waals surface area contributed by atoms with Gasteiger partial charge in [0, 0.05) is 48.6 Å². The van der Waals surface area contributed by atoms with Crippen LogP contribution in [0.4, 0.5) is 11.5 Å².